The predicted octanol–water partition coefficient (Wildman–Crippen LogP) is 0.945. The van der Waals surface area contributed by atoms with Gasteiger partial charge in [0, 0.05) is 0 Å². The summed E-state index contributed by atoms with van der Waals surface area (Å²) in [5, 5.41) is 41.7. The van der Waals surface area contributed by atoms with Crippen LogP contribution in [0.2, 0.25) is 0 Å². The van der Waals surface area contributed by atoms with E-state index in [0.29, 0.717) is 0 Å². The van der Waals surface area contributed by atoms with Crippen molar-refractivity contribution in [3.05, 3.63) is 0 Å². The first-order valence-corrected chi connectivity index (χ1v) is 4.47. The standard InChI is InChI=1S/C5N5P/c6-1-11(2-7,3-8,4-9)5-10. The summed E-state index contributed by atoms with van der Waals surface area (Å²) < 4.78 is 0. The van der Waals surface area contributed by atoms with Gasteiger partial charge >= 0.3 is 62.0 Å². The Morgan fingerprint density at radius 1 is 0.545 bits per heavy atom. The molecule has 0 saturated heterocycles. The molecule has 5 nitrogen and oxygen atoms in total. The molecule has 0 radical (unpaired) electrons. The van der Waals surface area contributed by atoms with Gasteiger partial charge in [0.15, 0.2) is 0 Å². The SMILES string of the molecule is N#CP(C#N)(C#N)(C#N)C#N. The second-order valence-electron chi connectivity index (χ2n) is 1.62. The summed E-state index contributed by atoms with van der Waals surface area (Å²) in [7, 11) is 0. The molecule has 0 aliphatic rings. The van der Waals surface area contributed by atoms with Crippen molar-refractivity contribution in [3.63, 3.8) is 0 Å². The van der Waals surface area contributed by atoms with Crippen LogP contribution in [0.15, 0.2) is 0 Å². The summed E-state index contributed by atoms with van der Waals surface area (Å²) >= 11 is 0. The van der Waals surface area contributed by atoms with Gasteiger partial charge in [0.05, 0.1) is 0 Å². The van der Waals surface area contributed by atoms with Gasteiger partial charge in [-0.25, -0.2) is 0 Å². The van der Waals surface area contributed by atoms with E-state index in [4.69, 9.17) is 26.3 Å². The average Bonchev–Trinajstić information content (AvgIpc) is 2.12. The molecule has 0 heterocycles. The van der Waals surface area contributed by atoms with Crippen LogP contribution in [0.5, 0.6) is 0 Å². The van der Waals surface area contributed by atoms with Crippen LogP contribution in [0.1, 0.15) is 0 Å². The molecule has 0 aliphatic carbocycles. The average molecular weight is 161 g/mol. The zero-order chi connectivity index (χ0) is 8.98. The molecule has 0 aliphatic heterocycles. The van der Waals surface area contributed by atoms with Crippen molar-refractivity contribution in [1.82, 2.24) is 0 Å². The Bertz CT molecular complexity index is 290. The Labute approximate surface area is 62.8 Å². The zero-order valence-corrected chi connectivity index (χ0v) is 6.08. The summed E-state index contributed by atoms with van der Waals surface area (Å²) in [5.74, 6) is 6.07. The van der Waals surface area contributed by atoms with E-state index in [9.17, 15) is 0 Å². The number of nitrogens with zero attached hydrogens (tertiary/aromatic N) is 5. The molecule has 0 aromatic heterocycles. The molecule has 0 unspecified atom stereocenters. The maximum atomic E-state index is 8.35. The minimum atomic E-state index is -4.65. The summed E-state index contributed by atoms with van der Waals surface area (Å²) in [4.78, 5) is 0. The molecule has 0 bridgehead atoms. The van der Waals surface area contributed by atoms with Crippen molar-refractivity contribution < 1.29 is 0 Å². The van der Waals surface area contributed by atoms with Crippen LogP contribution in [-0.2, 0) is 0 Å². The van der Waals surface area contributed by atoms with Crippen molar-refractivity contribution in [3.8, 4) is 29.1 Å². The molecule has 6 heteroatoms. The van der Waals surface area contributed by atoms with Crippen molar-refractivity contribution in [2.24, 2.45) is 0 Å². The molecule has 0 atom stereocenters. The van der Waals surface area contributed by atoms with Gasteiger partial charge in [-0.3, -0.25) is 0 Å². The normalized spacial score (nSPS) is 11.4. The second kappa shape index (κ2) is 2.25. The van der Waals surface area contributed by atoms with Crippen LogP contribution in [-0.4, -0.2) is 0 Å². The fourth-order valence-electron chi connectivity index (χ4n) is 0.224. The van der Waals surface area contributed by atoms with Crippen molar-refractivity contribution in [1.29, 1.82) is 26.3 Å². The fourth-order valence-corrected chi connectivity index (χ4v) is 0.671. The first kappa shape index (κ1) is 8.88. The topological polar surface area (TPSA) is 119 Å². The second-order valence-corrected chi connectivity index (χ2v) is 4.85. The van der Waals surface area contributed by atoms with Gasteiger partial charge < -0.3 is 0 Å². The molecule has 0 rings (SSSR count). The van der Waals surface area contributed by atoms with Gasteiger partial charge in [-0.1, -0.05) is 0 Å². The van der Waals surface area contributed by atoms with E-state index in [1.54, 1.807) is 0 Å². The first-order chi connectivity index (χ1) is 5.12. The molecule has 0 aromatic carbocycles. The zero-order valence-electron chi connectivity index (χ0n) is 5.18. The number of hydrogen-bond acceptors (Lipinski definition) is 5. The molecular formula is C5N5P. The quantitative estimate of drug-likeness (QED) is 0.489. The Kier molecular flexibility index (Phi) is 1.82. The molecule has 0 saturated carbocycles. The van der Waals surface area contributed by atoms with E-state index in [-0.39, 0.29) is 0 Å². The molecule has 11 heavy (non-hydrogen) atoms. The predicted molar refractivity (Wildman–Crippen MR) is 35.0 cm³/mol. The third-order valence-electron chi connectivity index (χ3n) is 1.00. The van der Waals surface area contributed by atoms with Gasteiger partial charge in [0.25, 0.3) is 0 Å². The Hall–Kier alpha value is -2.12. The minimum absolute atomic E-state index is 1.21. The van der Waals surface area contributed by atoms with Crippen LogP contribution >= 0.6 is 6.60 Å². The van der Waals surface area contributed by atoms with E-state index < -0.39 is 6.60 Å². The van der Waals surface area contributed by atoms with Crippen molar-refractivity contribution in [2.75, 3.05) is 0 Å². The molecular weight excluding hydrogens is 161 g/mol. The van der Waals surface area contributed by atoms with Crippen molar-refractivity contribution in [2.45, 2.75) is 0 Å². The first-order valence-electron chi connectivity index (χ1n) is 2.24. The summed E-state index contributed by atoms with van der Waals surface area (Å²) in [6, 6.07) is 0. The van der Waals surface area contributed by atoms with E-state index >= 15 is 0 Å². The van der Waals surface area contributed by atoms with Crippen LogP contribution in [0.25, 0.3) is 0 Å². The van der Waals surface area contributed by atoms with E-state index in [0.717, 1.165) is 0 Å². The number of hydrogen-bond donors (Lipinski definition) is 0. The van der Waals surface area contributed by atoms with Crippen LogP contribution in [0, 0.1) is 55.4 Å². The third kappa shape index (κ3) is 0.852. The van der Waals surface area contributed by atoms with Gasteiger partial charge in [-0.05, 0) is 0 Å². The summed E-state index contributed by atoms with van der Waals surface area (Å²) in [6.45, 7) is -4.65. The van der Waals surface area contributed by atoms with Crippen LogP contribution in [0.4, 0.5) is 0 Å². The number of nitriles is 5. The molecule has 0 aromatic rings. The van der Waals surface area contributed by atoms with E-state index in [1.807, 2.05) is 0 Å². The Morgan fingerprint density at radius 3 is 0.727 bits per heavy atom. The number of rotatable bonds is 0. The van der Waals surface area contributed by atoms with Crippen molar-refractivity contribution >= 4 is 6.60 Å². The Balaban J connectivity index is 5.87. The molecule has 0 N–H and O–H groups in total. The fraction of sp³-hybridized carbons (Fsp3) is 0. The molecule has 0 spiro atoms. The summed E-state index contributed by atoms with van der Waals surface area (Å²) in [6.07, 6.45) is 0. The molecule has 0 fully saturated rings. The third-order valence-corrected chi connectivity index (χ3v) is 3.00. The van der Waals surface area contributed by atoms with E-state index in [2.05, 4.69) is 0 Å². The van der Waals surface area contributed by atoms with Gasteiger partial charge in [0.2, 0.25) is 0 Å². The van der Waals surface area contributed by atoms with Crippen LogP contribution < -0.4 is 0 Å². The molecule has 0 amide bonds. The maximum absolute atomic E-state index is 8.35. The van der Waals surface area contributed by atoms with Crippen LogP contribution in [0.3, 0.4) is 0 Å². The van der Waals surface area contributed by atoms with Gasteiger partial charge in [0.1, 0.15) is 0 Å². The van der Waals surface area contributed by atoms with Gasteiger partial charge in [-0.2, -0.15) is 0 Å². The molecule has 50 valence electrons. The summed E-state index contributed by atoms with van der Waals surface area (Å²) in [5.41, 5.74) is 0. The van der Waals surface area contributed by atoms with Gasteiger partial charge in [-0.15, -0.1) is 0 Å². The Morgan fingerprint density at radius 2 is 0.727 bits per heavy atom. The monoisotopic (exact) mass is 161 g/mol. The van der Waals surface area contributed by atoms with E-state index in [1.165, 1.54) is 29.1 Å².